The third-order valence-electron chi connectivity index (χ3n) is 9.06. The molecule has 0 aromatic heterocycles. The lowest BCUT2D eigenvalue weighted by molar-refractivity contribution is -0.173. The number of carbonyl (C=O) groups is 3. The van der Waals surface area contributed by atoms with Crippen LogP contribution in [0, 0.1) is 0 Å². The lowest BCUT2D eigenvalue weighted by atomic mass is 9.79. The van der Waals surface area contributed by atoms with E-state index in [0.29, 0.717) is 0 Å². The first-order chi connectivity index (χ1) is 21.3. The molecule has 3 aliphatic rings. The van der Waals surface area contributed by atoms with Crippen molar-refractivity contribution in [2.75, 3.05) is 39.3 Å². The highest BCUT2D eigenvalue weighted by Crippen LogP contribution is 2.31. The van der Waals surface area contributed by atoms with Crippen molar-refractivity contribution in [2.45, 2.75) is 110 Å². The van der Waals surface area contributed by atoms with Crippen LogP contribution in [0.5, 0.6) is 0 Å². The molecule has 0 radical (unpaired) electrons. The molecular weight excluding hydrogens is 620 g/mol. The molecule has 266 valence electrons. The number of hydrogen-bond donors (Lipinski definition) is 15. The minimum Gasteiger partial charge on any atom is -0.390 e. The zero-order chi connectivity index (χ0) is 34.6. The molecule has 15 N–H and O–H groups in total. The SMILES string of the molecule is O=C(NCCN(CCNC(=O)C1(O)C[C@@H](O)C(O)[C@H](O)C1)CCNC(=O)C1(O)C[C@H](O)C(O)[C@@H](O)C1)C1(O)C[C@@H](O)C(O)[C@H](O)C1. The normalized spacial score (nSPS) is 41.5. The summed E-state index contributed by atoms with van der Waals surface area (Å²) in [6, 6.07) is 0. The first-order valence-corrected chi connectivity index (χ1v) is 15.2. The summed E-state index contributed by atoms with van der Waals surface area (Å²) in [5.74, 6) is -2.76. The summed E-state index contributed by atoms with van der Waals surface area (Å²) in [5, 5.41) is 128. The second kappa shape index (κ2) is 15.4. The molecule has 6 atom stereocenters. The maximum absolute atomic E-state index is 12.7. The monoisotopic (exact) mass is 668 g/mol. The molecule has 3 saturated carbocycles. The van der Waals surface area contributed by atoms with Crippen LogP contribution in [-0.2, 0) is 14.4 Å². The Hall–Kier alpha value is -2.11. The van der Waals surface area contributed by atoms with E-state index in [1.165, 1.54) is 0 Å². The molecule has 0 heterocycles. The summed E-state index contributed by atoms with van der Waals surface area (Å²) in [7, 11) is 0. The summed E-state index contributed by atoms with van der Waals surface area (Å²) >= 11 is 0. The van der Waals surface area contributed by atoms with Gasteiger partial charge in [-0.15, -0.1) is 0 Å². The highest BCUT2D eigenvalue weighted by molar-refractivity contribution is 5.86. The average molecular weight is 669 g/mol. The molecule has 0 unspecified atom stereocenters. The minimum atomic E-state index is -2.17. The van der Waals surface area contributed by atoms with Crippen LogP contribution in [0.4, 0.5) is 0 Å². The van der Waals surface area contributed by atoms with E-state index in [2.05, 4.69) is 16.0 Å². The van der Waals surface area contributed by atoms with Gasteiger partial charge in [0.05, 0.1) is 36.6 Å². The van der Waals surface area contributed by atoms with E-state index in [-0.39, 0.29) is 39.3 Å². The van der Waals surface area contributed by atoms with Gasteiger partial charge in [-0.1, -0.05) is 0 Å². The van der Waals surface area contributed by atoms with Gasteiger partial charge in [0.25, 0.3) is 17.7 Å². The van der Waals surface area contributed by atoms with Gasteiger partial charge < -0.3 is 77.2 Å². The molecule has 3 rings (SSSR count). The van der Waals surface area contributed by atoms with E-state index in [1.807, 2.05) is 0 Å². The largest absolute Gasteiger partial charge is 0.390 e. The molecule has 3 aliphatic carbocycles. The van der Waals surface area contributed by atoms with Gasteiger partial charge in [-0.3, -0.25) is 19.3 Å². The maximum Gasteiger partial charge on any atom is 0.252 e. The number of hydrogen-bond acceptors (Lipinski definition) is 16. The molecule has 19 heteroatoms. The summed E-state index contributed by atoms with van der Waals surface area (Å²) in [5.41, 5.74) is -6.50. The van der Waals surface area contributed by atoms with Crippen molar-refractivity contribution in [3.05, 3.63) is 0 Å². The number of carbonyl (C=O) groups excluding carboxylic acids is 3. The van der Waals surface area contributed by atoms with Crippen molar-refractivity contribution in [1.82, 2.24) is 20.9 Å². The Morgan fingerprint density at radius 1 is 0.457 bits per heavy atom. The fraction of sp³-hybridized carbons (Fsp3) is 0.889. The topological polar surface area (TPSA) is 333 Å². The van der Waals surface area contributed by atoms with E-state index in [9.17, 15) is 75.7 Å². The second-order valence-corrected chi connectivity index (χ2v) is 12.8. The van der Waals surface area contributed by atoms with Crippen molar-refractivity contribution in [1.29, 1.82) is 0 Å². The highest BCUT2D eigenvalue weighted by atomic mass is 16.4. The van der Waals surface area contributed by atoms with E-state index >= 15 is 0 Å². The summed E-state index contributed by atoms with van der Waals surface area (Å²) < 4.78 is 0. The quantitative estimate of drug-likeness (QED) is 0.0918. The predicted molar refractivity (Wildman–Crippen MR) is 152 cm³/mol. The molecule has 46 heavy (non-hydrogen) atoms. The van der Waals surface area contributed by atoms with Crippen molar-refractivity contribution in [3.63, 3.8) is 0 Å². The van der Waals surface area contributed by atoms with Crippen LogP contribution in [0.1, 0.15) is 38.5 Å². The van der Waals surface area contributed by atoms with Gasteiger partial charge >= 0.3 is 0 Å². The maximum atomic E-state index is 12.7. The van der Waals surface area contributed by atoms with Gasteiger partial charge in [0, 0.05) is 77.8 Å². The average Bonchev–Trinajstić information content (AvgIpc) is 2.96. The van der Waals surface area contributed by atoms with Gasteiger partial charge in [0.2, 0.25) is 0 Å². The molecule has 0 saturated heterocycles. The van der Waals surface area contributed by atoms with E-state index in [0.717, 1.165) is 0 Å². The lowest BCUT2D eigenvalue weighted by Gasteiger charge is -2.39. The van der Waals surface area contributed by atoms with Crippen molar-refractivity contribution >= 4 is 17.7 Å². The Kier molecular flexibility index (Phi) is 12.8. The van der Waals surface area contributed by atoms with E-state index < -0.39 is 128 Å². The van der Waals surface area contributed by atoms with Gasteiger partial charge in [0.15, 0.2) is 0 Å². The number of nitrogens with zero attached hydrogens (tertiary/aromatic N) is 1. The molecular formula is C27H48N4O15. The first-order valence-electron chi connectivity index (χ1n) is 15.2. The third-order valence-corrected chi connectivity index (χ3v) is 9.06. The van der Waals surface area contributed by atoms with E-state index in [4.69, 9.17) is 0 Å². The smallest absolute Gasteiger partial charge is 0.252 e. The predicted octanol–water partition coefficient (Wildman–Crippen LogP) is -8.54. The fourth-order valence-electron chi connectivity index (χ4n) is 6.19. The number of aliphatic hydroxyl groups excluding tert-OH is 9. The van der Waals surface area contributed by atoms with Crippen LogP contribution in [0.3, 0.4) is 0 Å². The van der Waals surface area contributed by atoms with Gasteiger partial charge in [-0.05, 0) is 0 Å². The zero-order valence-corrected chi connectivity index (χ0v) is 25.2. The molecule has 0 spiro atoms. The Morgan fingerprint density at radius 3 is 0.848 bits per heavy atom. The Morgan fingerprint density at radius 2 is 0.652 bits per heavy atom. The summed E-state index contributed by atoms with van der Waals surface area (Å²) in [6.07, 6.45) is -17.0. The molecule has 0 aromatic rings. The molecule has 0 aromatic carbocycles. The number of nitrogens with one attached hydrogen (secondary N) is 3. The molecule has 3 fully saturated rings. The van der Waals surface area contributed by atoms with Crippen LogP contribution >= 0.6 is 0 Å². The molecule has 19 nitrogen and oxygen atoms in total. The van der Waals surface area contributed by atoms with Gasteiger partial charge in [-0.25, -0.2) is 0 Å². The fourth-order valence-corrected chi connectivity index (χ4v) is 6.19. The van der Waals surface area contributed by atoms with Crippen molar-refractivity contribution in [2.24, 2.45) is 0 Å². The van der Waals surface area contributed by atoms with Crippen molar-refractivity contribution in [3.8, 4) is 0 Å². The lowest BCUT2D eigenvalue weighted by Crippen LogP contribution is -2.60. The van der Waals surface area contributed by atoms with Crippen LogP contribution in [0.25, 0.3) is 0 Å². The Bertz CT molecular complexity index is 904. The zero-order valence-electron chi connectivity index (χ0n) is 25.2. The number of amides is 3. The van der Waals surface area contributed by atoms with Gasteiger partial charge in [-0.2, -0.15) is 0 Å². The molecule has 3 amide bonds. The van der Waals surface area contributed by atoms with Crippen LogP contribution in [-0.4, -0.2) is 195 Å². The standard InChI is InChI=1S/C27H48N4O15/c32-13-7-25(44,8-14(33)19(13)38)22(41)28-1-4-31(5-2-29-23(42)26(45)9-15(34)20(39)16(35)10-26)6-3-30-24(43)27(46)11-17(36)21(40)18(37)12-27/h13-21,32-40,44-46H,1-12H2,(H,28,41)(H,29,42)(H,30,43)/t13-,14-,15-,16-,17+,18+,19?,20?,21?,25?,26?,27?/m1/s1. The number of rotatable bonds is 12. The van der Waals surface area contributed by atoms with Gasteiger partial charge in [0.1, 0.15) is 35.1 Å². The van der Waals surface area contributed by atoms with Crippen LogP contribution in [0.2, 0.25) is 0 Å². The second-order valence-electron chi connectivity index (χ2n) is 12.8. The number of aliphatic hydroxyl groups is 12. The van der Waals surface area contributed by atoms with Crippen molar-refractivity contribution < 1.29 is 75.7 Å². The van der Waals surface area contributed by atoms with E-state index in [1.54, 1.807) is 4.90 Å². The van der Waals surface area contributed by atoms with Crippen LogP contribution in [0.15, 0.2) is 0 Å². The summed E-state index contributed by atoms with van der Waals surface area (Å²) in [4.78, 5) is 39.7. The first kappa shape index (κ1) is 38.3. The highest BCUT2D eigenvalue weighted by Gasteiger charge is 2.50. The molecule has 0 aliphatic heterocycles. The third kappa shape index (κ3) is 9.07. The Balaban J connectivity index is 1.58. The van der Waals surface area contributed by atoms with Crippen LogP contribution < -0.4 is 16.0 Å². The Labute approximate surface area is 264 Å². The summed E-state index contributed by atoms with van der Waals surface area (Å²) in [6.45, 7) is -0.205. The minimum absolute atomic E-state index is 0.0447. The molecule has 0 bridgehead atoms.